The van der Waals surface area contributed by atoms with E-state index in [9.17, 15) is 0 Å². The second-order valence-electron chi connectivity index (χ2n) is 5.64. The van der Waals surface area contributed by atoms with Crippen LogP contribution in [0.2, 0.25) is 0 Å². The standard InChI is InChI=1S/C15H28N6.HI/c1-4-12(5-2)9-17-15(16-6-3)20-13-7-8-14-18-11-19-21(14)10-13;/h11-13H,4-10H2,1-3H3,(H2,16,17,20);1H. The zero-order valence-electron chi connectivity index (χ0n) is 13.9. The predicted octanol–water partition coefficient (Wildman–Crippen LogP) is 2.20. The van der Waals surface area contributed by atoms with Gasteiger partial charge in [0.1, 0.15) is 12.2 Å². The molecule has 0 amide bonds. The Morgan fingerprint density at radius 3 is 2.86 bits per heavy atom. The number of nitrogens with zero attached hydrogens (tertiary/aromatic N) is 4. The summed E-state index contributed by atoms with van der Waals surface area (Å²) in [6.07, 6.45) is 6.07. The zero-order valence-corrected chi connectivity index (χ0v) is 16.2. The molecule has 7 heteroatoms. The molecule has 6 nitrogen and oxygen atoms in total. The summed E-state index contributed by atoms with van der Waals surface area (Å²) in [6, 6.07) is 0.374. The summed E-state index contributed by atoms with van der Waals surface area (Å²) in [5, 5.41) is 11.2. The van der Waals surface area contributed by atoms with Crippen molar-refractivity contribution in [3.63, 3.8) is 0 Å². The number of halogens is 1. The van der Waals surface area contributed by atoms with Crippen LogP contribution in [0.3, 0.4) is 0 Å². The number of guanidine groups is 1. The lowest BCUT2D eigenvalue weighted by atomic mass is 10.0. The maximum atomic E-state index is 4.74. The quantitative estimate of drug-likeness (QED) is 0.421. The summed E-state index contributed by atoms with van der Waals surface area (Å²) in [5.74, 6) is 2.69. The average Bonchev–Trinajstić information content (AvgIpc) is 2.96. The van der Waals surface area contributed by atoms with Gasteiger partial charge in [-0.25, -0.2) is 9.67 Å². The minimum Gasteiger partial charge on any atom is -0.357 e. The van der Waals surface area contributed by atoms with Crippen molar-refractivity contribution in [1.82, 2.24) is 25.4 Å². The highest BCUT2D eigenvalue weighted by molar-refractivity contribution is 14.0. The van der Waals surface area contributed by atoms with Gasteiger partial charge in [-0.05, 0) is 19.3 Å². The third kappa shape index (κ3) is 5.40. The first-order valence-corrected chi connectivity index (χ1v) is 8.18. The normalized spacial score (nSPS) is 17.8. The molecular formula is C15H29IN6. The van der Waals surface area contributed by atoms with Crippen molar-refractivity contribution in [3.8, 4) is 0 Å². The van der Waals surface area contributed by atoms with E-state index >= 15 is 0 Å². The van der Waals surface area contributed by atoms with E-state index in [1.165, 1.54) is 12.8 Å². The summed E-state index contributed by atoms with van der Waals surface area (Å²) in [4.78, 5) is 9.01. The Bertz CT molecular complexity index is 455. The van der Waals surface area contributed by atoms with Crippen molar-refractivity contribution in [3.05, 3.63) is 12.2 Å². The zero-order chi connectivity index (χ0) is 15.1. The van der Waals surface area contributed by atoms with Crippen molar-refractivity contribution >= 4 is 29.9 Å². The van der Waals surface area contributed by atoms with Gasteiger partial charge in [-0.1, -0.05) is 26.7 Å². The van der Waals surface area contributed by atoms with Crippen LogP contribution in [-0.2, 0) is 13.0 Å². The number of aromatic nitrogens is 3. The van der Waals surface area contributed by atoms with Crippen molar-refractivity contribution in [2.24, 2.45) is 10.9 Å². The Hall–Kier alpha value is -0.860. The summed E-state index contributed by atoms with van der Waals surface area (Å²) < 4.78 is 1.99. The Morgan fingerprint density at radius 2 is 2.18 bits per heavy atom. The van der Waals surface area contributed by atoms with Crippen LogP contribution >= 0.6 is 24.0 Å². The van der Waals surface area contributed by atoms with Gasteiger partial charge in [0.05, 0.1) is 6.54 Å². The topological polar surface area (TPSA) is 67.1 Å². The van der Waals surface area contributed by atoms with Crippen LogP contribution in [0.4, 0.5) is 0 Å². The Labute approximate surface area is 150 Å². The second-order valence-corrected chi connectivity index (χ2v) is 5.64. The molecule has 0 bridgehead atoms. The predicted molar refractivity (Wildman–Crippen MR) is 101 cm³/mol. The van der Waals surface area contributed by atoms with Gasteiger partial charge in [-0.3, -0.25) is 4.99 Å². The highest BCUT2D eigenvalue weighted by Gasteiger charge is 2.20. The van der Waals surface area contributed by atoms with Gasteiger partial charge < -0.3 is 10.6 Å². The van der Waals surface area contributed by atoms with Crippen molar-refractivity contribution in [2.75, 3.05) is 13.1 Å². The summed E-state index contributed by atoms with van der Waals surface area (Å²) in [5.41, 5.74) is 0. The maximum absolute atomic E-state index is 4.74. The maximum Gasteiger partial charge on any atom is 0.191 e. The molecule has 0 aliphatic carbocycles. The SMILES string of the molecule is CCNC(=NCC(CC)CC)NC1CCc2ncnn2C1.I. The van der Waals surface area contributed by atoms with E-state index in [1.54, 1.807) is 6.33 Å². The van der Waals surface area contributed by atoms with Gasteiger partial charge in [-0.15, -0.1) is 24.0 Å². The molecule has 1 unspecified atom stereocenters. The fourth-order valence-corrected chi connectivity index (χ4v) is 2.64. The summed E-state index contributed by atoms with van der Waals surface area (Å²) in [7, 11) is 0. The van der Waals surface area contributed by atoms with E-state index < -0.39 is 0 Å². The lowest BCUT2D eigenvalue weighted by molar-refractivity contribution is 0.392. The molecule has 0 saturated heterocycles. The average molecular weight is 420 g/mol. The van der Waals surface area contributed by atoms with E-state index in [1.807, 2.05) is 4.68 Å². The molecule has 2 heterocycles. The molecule has 1 aliphatic heterocycles. The first-order valence-electron chi connectivity index (χ1n) is 8.18. The Morgan fingerprint density at radius 1 is 1.41 bits per heavy atom. The van der Waals surface area contributed by atoms with Crippen LogP contribution in [0.5, 0.6) is 0 Å². The highest BCUT2D eigenvalue weighted by atomic mass is 127. The van der Waals surface area contributed by atoms with Crippen LogP contribution in [0, 0.1) is 5.92 Å². The van der Waals surface area contributed by atoms with Gasteiger partial charge in [-0.2, -0.15) is 5.10 Å². The number of rotatable bonds is 6. The lowest BCUT2D eigenvalue weighted by Crippen LogP contribution is -2.47. The molecule has 1 atom stereocenters. The highest BCUT2D eigenvalue weighted by Crippen LogP contribution is 2.11. The molecule has 1 aliphatic rings. The third-order valence-corrected chi connectivity index (χ3v) is 4.15. The molecule has 2 N–H and O–H groups in total. The first kappa shape index (κ1) is 19.2. The smallest absolute Gasteiger partial charge is 0.191 e. The Kier molecular flexibility index (Phi) is 8.74. The Balaban J connectivity index is 0.00000242. The molecular weight excluding hydrogens is 391 g/mol. The van der Waals surface area contributed by atoms with Gasteiger partial charge in [0.15, 0.2) is 5.96 Å². The summed E-state index contributed by atoms with van der Waals surface area (Å²) >= 11 is 0. The van der Waals surface area contributed by atoms with E-state index in [2.05, 4.69) is 41.5 Å². The van der Waals surface area contributed by atoms with Crippen molar-refractivity contribution in [1.29, 1.82) is 0 Å². The van der Waals surface area contributed by atoms with Crippen molar-refractivity contribution in [2.45, 2.75) is 59.0 Å². The van der Waals surface area contributed by atoms with Gasteiger partial charge in [0, 0.05) is 25.6 Å². The number of fused-ring (bicyclic) bond motifs is 1. The minimum absolute atomic E-state index is 0. The molecule has 0 radical (unpaired) electrons. The molecule has 0 spiro atoms. The number of aliphatic imine (C=N–C) groups is 1. The number of aryl methyl sites for hydroxylation is 1. The second kappa shape index (κ2) is 10.0. The minimum atomic E-state index is 0. The number of hydrogen-bond donors (Lipinski definition) is 2. The molecule has 0 aromatic carbocycles. The molecule has 0 saturated carbocycles. The van der Waals surface area contributed by atoms with Crippen LogP contribution in [0.1, 0.15) is 45.9 Å². The van der Waals surface area contributed by atoms with E-state index in [4.69, 9.17) is 4.99 Å². The van der Waals surface area contributed by atoms with E-state index in [0.29, 0.717) is 12.0 Å². The molecule has 2 rings (SSSR count). The molecule has 1 aromatic heterocycles. The molecule has 0 fully saturated rings. The molecule has 22 heavy (non-hydrogen) atoms. The summed E-state index contributed by atoms with van der Waals surface area (Å²) in [6.45, 7) is 9.21. The van der Waals surface area contributed by atoms with Crippen LogP contribution in [0.25, 0.3) is 0 Å². The monoisotopic (exact) mass is 420 g/mol. The fourth-order valence-electron chi connectivity index (χ4n) is 2.64. The van der Waals surface area contributed by atoms with Gasteiger partial charge >= 0.3 is 0 Å². The molecule has 1 aromatic rings. The third-order valence-electron chi connectivity index (χ3n) is 4.15. The number of nitrogens with one attached hydrogen (secondary N) is 2. The van der Waals surface area contributed by atoms with Gasteiger partial charge in [0.25, 0.3) is 0 Å². The van der Waals surface area contributed by atoms with Crippen molar-refractivity contribution < 1.29 is 0 Å². The van der Waals surface area contributed by atoms with Crippen LogP contribution < -0.4 is 10.6 Å². The van der Waals surface area contributed by atoms with Crippen LogP contribution in [0.15, 0.2) is 11.3 Å². The number of hydrogen-bond acceptors (Lipinski definition) is 3. The lowest BCUT2D eigenvalue weighted by Gasteiger charge is -2.25. The van der Waals surface area contributed by atoms with E-state index in [0.717, 1.165) is 44.3 Å². The largest absolute Gasteiger partial charge is 0.357 e. The fraction of sp³-hybridized carbons (Fsp3) is 0.800. The van der Waals surface area contributed by atoms with E-state index in [-0.39, 0.29) is 24.0 Å². The van der Waals surface area contributed by atoms with Crippen LogP contribution in [-0.4, -0.2) is 39.9 Å². The molecule has 126 valence electrons. The van der Waals surface area contributed by atoms with Gasteiger partial charge in [0.2, 0.25) is 0 Å². The first-order chi connectivity index (χ1) is 10.3.